The van der Waals surface area contributed by atoms with Crippen molar-refractivity contribution < 1.29 is 0 Å². The molecule has 1 aliphatic carbocycles. The molecule has 0 heterocycles. The quantitative estimate of drug-likeness (QED) is 0.668. The molecule has 0 aromatic heterocycles. The molecular formula is C11H13N. The zero-order chi connectivity index (χ0) is 8.55. The molecule has 0 spiro atoms. The highest BCUT2D eigenvalue weighted by atomic mass is 14.6. The van der Waals surface area contributed by atoms with Gasteiger partial charge in [0.1, 0.15) is 0 Å². The van der Waals surface area contributed by atoms with Gasteiger partial charge in [-0.3, -0.25) is 0 Å². The van der Waals surface area contributed by atoms with Crippen molar-refractivity contribution in [3.63, 3.8) is 0 Å². The Labute approximate surface area is 72.9 Å². The predicted molar refractivity (Wildman–Crippen MR) is 51.8 cm³/mol. The zero-order valence-corrected chi connectivity index (χ0v) is 7.09. The molecule has 0 saturated heterocycles. The fourth-order valence-corrected chi connectivity index (χ4v) is 1.94. The molecule has 1 atom stereocenters. The smallest absolute Gasteiger partial charge is 0.0306 e. The molecule has 0 fully saturated rings. The third-order valence-corrected chi connectivity index (χ3v) is 2.55. The fourth-order valence-electron chi connectivity index (χ4n) is 1.94. The van der Waals surface area contributed by atoms with Gasteiger partial charge in [-0.2, -0.15) is 0 Å². The van der Waals surface area contributed by atoms with Gasteiger partial charge in [-0.1, -0.05) is 30.9 Å². The van der Waals surface area contributed by atoms with Crippen molar-refractivity contribution in [1.82, 2.24) is 0 Å². The molecule has 0 radical (unpaired) electrons. The van der Waals surface area contributed by atoms with Gasteiger partial charge < -0.3 is 5.73 Å². The number of fused-ring (bicyclic) bond motifs is 1. The summed E-state index contributed by atoms with van der Waals surface area (Å²) in [5.74, 6) is 0. The van der Waals surface area contributed by atoms with E-state index in [-0.39, 0.29) is 6.04 Å². The second kappa shape index (κ2) is 2.76. The Morgan fingerprint density at radius 2 is 2.33 bits per heavy atom. The SMILES string of the molecule is C=Cc1cccc2c1[C@@H](N)CC2. The maximum atomic E-state index is 5.97. The van der Waals surface area contributed by atoms with Crippen LogP contribution in [0, 0.1) is 0 Å². The van der Waals surface area contributed by atoms with E-state index in [2.05, 4.69) is 24.8 Å². The summed E-state index contributed by atoms with van der Waals surface area (Å²) in [5.41, 5.74) is 9.90. The van der Waals surface area contributed by atoms with Crippen LogP contribution < -0.4 is 5.73 Å². The minimum Gasteiger partial charge on any atom is -0.324 e. The number of aryl methyl sites for hydroxylation is 1. The summed E-state index contributed by atoms with van der Waals surface area (Å²) in [6.07, 6.45) is 4.10. The van der Waals surface area contributed by atoms with E-state index in [9.17, 15) is 0 Å². The summed E-state index contributed by atoms with van der Waals surface area (Å²) >= 11 is 0. The lowest BCUT2D eigenvalue weighted by molar-refractivity contribution is 0.712. The van der Waals surface area contributed by atoms with Gasteiger partial charge in [-0.25, -0.2) is 0 Å². The maximum absolute atomic E-state index is 5.97. The standard InChI is InChI=1S/C11H13N/c1-2-8-4-3-5-9-6-7-10(12)11(8)9/h2-5,10H,1,6-7,12H2/t10-/m0/s1. The first-order chi connectivity index (χ1) is 5.83. The van der Waals surface area contributed by atoms with Crippen LogP contribution in [0.1, 0.15) is 29.2 Å². The Kier molecular flexibility index (Phi) is 1.74. The van der Waals surface area contributed by atoms with Crippen molar-refractivity contribution >= 4 is 6.08 Å². The third-order valence-electron chi connectivity index (χ3n) is 2.55. The first-order valence-corrected chi connectivity index (χ1v) is 4.32. The van der Waals surface area contributed by atoms with Crippen LogP contribution in [0.15, 0.2) is 24.8 Å². The molecule has 0 aliphatic heterocycles. The normalized spacial score (nSPS) is 20.6. The Morgan fingerprint density at radius 1 is 1.50 bits per heavy atom. The topological polar surface area (TPSA) is 26.0 Å². The van der Waals surface area contributed by atoms with Crippen LogP contribution in [0.2, 0.25) is 0 Å². The van der Waals surface area contributed by atoms with Crippen LogP contribution in [-0.4, -0.2) is 0 Å². The molecular weight excluding hydrogens is 146 g/mol. The van der Waals surface area contributed by atoms with Gasteiger partial charge in [0.15, 0.2) is 0 Å². The highest BCUT2D eigenvalue weighted by molar-refractivity contribution is 5.56. The number of hydrogen-bond donors (Lipinski definition) is 1. The van der Waals surface area contributed by atoms with Crippen LogP contribution >= 0.6 is 0 Å². The Balaban J connectivity index is 2.60. The number of hydrogen-bond acceptors (Lipinski definition) is 1. The molecule has 0 unspecified atom stereocenters. The van der Waals surface area contributed by atoms with E-state index in [1.165, 1.54) is 16.7 Å². The van der Waals surface area contributed by atoms with Gasteiger partial charge in [0.2, 0.25) is 0 Å². The molecule has 2 rings (SSSR count). The van der Waals surface area contributed by atoms with Crippen molar-refractivity contribution in [2.45, 2.75) is 18.9 Å². The Hall–Kier alpha value is -1.08. The van der Waals surface area contributed by atoms with Gasteiger partial charge in [-0.05, 0) is 29.5 Å². The van der Waals surface area contributed by atoms with Gasteiger partial charge in [0.05, 0.1) is 0 Å². The van der Waals surface area contributed by atoms with E-state index >= 15 is 0 Å². The van der Waals surface area contributed by atoms with Crippen LogP contribution in [0.25, 0.3) is 6.08 Å². The highest BCUT2D eigenvalue weighted by Gasteiger charge is 2.20. The minimum absolute atomic E-state index is 0.231. The second-order valence-corrected chi connectivity index (χ2v) is 3.27. The maximum Gasteiger partial charge on any atom is 0.0306 e. The molecule has 0 bridgehead atoms. The Morgan fingerprint density at radius 3 is 3.08 bits per heavy atom. The molecule has 1 aromatic rings. The van der Waals surface area contributed by atoms with Crippen molar-refractivity contribution in [2.75, 3.05) is 0 Å². The summed E-state index contributed by atoms with van der Waals surface area (Å²) in [4.78, 5) is 0. The second-order valence-electron chi connectivity index (χ2n) is 3.27. The van der Waals surface area contributed by atoms with Gasteiger partial charge in [-0.15, -0.1) is 0 Å². The van der Waals surface area contributed by atoms with Crippen LogP contribution in [0.3, 0.4) is 0 Å². The highest BCUT2D eigenvalue weighted by Crippen LogP contribution is 2.32. The number of benzene rings is 1. The lowest BCUT2D eigenvalue weighted by atomic mass is 10.0. The molecule has 1 aliphatic rings. The van der Waals surface area contributed by atoms with E-state index < -0.39 is 0 Å². The molecule has 1 nitrogen and oxygen atoms in total. The zero-order valence-electron chi connectivity index (χ0n) is 7.09. The van der Waals surface area contributed by atoms with Crippen molar-refractivity contribution in [3.8, 4) is 0 Å². The minimum atomic E-state index is 0.231. The predicted octanol–water partition coefficient (Wildman–Crippen LogP) is 2.28. The van der Waals surface area contributed by atoms with E-state index in [0.29, 0.717) is 0 Å². The van der Waals surface area contributed by atoms with Gasteiger partial charge in [0, 0.05) is 6.04 Å². The van der Waals surface area contributed by atoms with Crippen molar-refractivity contribution in [1.29, 1.82) is 0 Å². The lowest BCUT2D eigenvalue weighted by Gasteiger charge is -2.08. The van der Waals surface area contributed by atoms with E-state index in [0.717, 1.165) is 12.8 Å². The average Bonchev–Trinajstić information content (AvgIpc) is 2.48. The summed E-state index contributed by atoms with van der Waals surface area (Å²) in [7, 11) is 0. The van der Waals surface area contributed by atoms with Crippen LogP contribution in [0.4, 0.5) is 0 Å². The van der Waals surface area contributed by atoms with Gasteiger partial charge >= 0.3 is 0 Å². The first-order valence-electron chi connectivity index (χ1n) is 4.32. The average molecular weight is 159 g/mol. The molecule has 2 N–H and O–H groups in total. The number of rotatable bonds is 1. The lowest BCUT2D eigenvalue weighted by Crippen LogP contribution is -2.06. The largest absolute Gasteiger partial charge is 0.324 e. The molecule has 1 aromatic carbocycles. The molecule has 1 heteroatoms. The van der Waals surface area contributed by atoms with Crippen molar-refractivity contribution in [3.05, 3.63) is 41.5 Å². The molecule has 0 saturated carbocycles. The van der Waals surface area contributed by atoms with Gasteiger partial charge in [0.25, 0.3) is 0 Å². The molecule has 12 heavy (non-hydrogen) atoms. The van der Waals surface area contributed by atoms with E-state index in [1.54, 1.807) is 0 Å². The summed E-state index contributed by atoms with van der Waals surface area (Å²) in [6, 6.07) is 6.55. The number of nitrogens with two attached hydrogens (primary N) is 1. The third kappa shape index (κ3) is 0.978. The molecule has 62 valence electrons. The first kappa shape index (κ1) is 7.56. The summed E-state index contributed by atoms with van der Waals surface area (Å²) in [6.45, 7) is 3.79. The van der Waals surface area contributed by atoms with E-state index in [1.807, 2.05) is 6.08 Å². The summed E-state index contributed by atoms with van der Waals surface area (Å²) < 4.78 is 0. The monoisotopic (exact) mass is 159 g/mol. The summed E-state index contributed by atoms with van der Waals surface area (Å²) in [5, 5.41) is 0. The fraction of sp³-hybridized carbons (Fsp3) is 0.273. The van der Waals surface area contributed by atoms with Crippen LogP contribution in [0.5, 0.6) is 0 Å². The molecule has 0 amide bonds. The Bertz CT molecular complexity index is 315. The van der Waals surface area contributed by atoms with E-state index in [4.69, 9.17) is 5.73 Å². The van der Waals surface area contributed by atoms with Crippen LogP contribution in [-0.2, 0) is 6.42 Å². The van der Waals surface area contributed by atoms with Crippen molar-refractivity contribution in [2.24, 2.45) is 5.73 Å².